The molecule has 1 amide bonds. The van der Waals surface area contributed by atoms with Gasteiger partial charge in [-0.1, -0.05) is 51.5 Å². The molecule has 4 nitrogen and oxygen atoms in total. The minimum Gasteiger partial charge on any atom is -0.494 e. The number of hydrogen-bond acceptors (Lipinski definition) is 3. The predicted molar refractivity (Wildman–Crippen MR) is 123 cm³/mol. The van der Waals surface area contributed by atoms with Crippen LogP contribution in [0.1, 0.15) is 79.9 Å². The number of rotatable bonds is 9. The van der Waals surface area contributed by atoms with Crippen LogP contribution in [0, 0.1) is 0 Å². The minimum absolute atomic E-state index is 0.0298. The summed E-state index contributed by atoms with van der Waals surface area (Å²) in [7, 11) is 0. The van der Waals surface area contributed by atoms with Crippen LogP contribution in [-0.4, -0.2) is 37.0 Å². The molecule has 0 aliphatic carbocycles. The first-order valence-electron chi connectivity index (χ1n) is 11.4. The zero-order valence-corrected chi connectivity index (χ0v) is 18.7. The minimum atomic E-state index is -0.0298. The van der Waals surface area contributed by atoms with E-state index in [0.29, 0.717) is 24.6 Å². The molecule has 1 saturated heterocycles. The molecule has 1 fully saturated rings. The van der Waals surface area contributed by atoms with E-state index in [2.05, 4.69) is 55.3 Å². The molecule has 30 heavy (non-hydrogen) atoms. The number of benzene rings is 2. The highest BCUT2D eigenvalue weighted by Gasteiger charge is 2.23. The lowest BCUT2D eigenvalue weighted by Crippen LogP contribution is -2.40. The normalized spacial score (nSPS) is 15.7. The number of likely N-dealkylation sites (tertiary alicyclic amines) is 1. The molecule has 0 saturated carbocycles. The van der Waals surface area contributed by atoms with Crippen molar-refractivity contribution in [1.82, 2.24) is 10.2 Å². The van der Waals surface area contributed by atoms with Gasteiger partial charge in [0.1, 0.15) is 5.75 Å². The van der Waals surface area contributed by atoms with Crippen LogP contribution in [0.25, 0.3) is 0 Å². The first-order chi connectivity index (χ1) is 14.6. The number of nitrogens with zero attached hydrogens (tertiary/aromatic N) is 1. The zero-order chi connectivity index (χ0) is 21.3. The van der Waals surface area contributed by atoms with Crippen molar-refractivity contribution >= 4 is 5.91 Å². The van der Waals surface area contributed by atoms with Crippen molar-refractivity contribution in [2.45, 2.75) is 58.4 Å². The van der Waals surface area contributed by atoms with Crippen LogP contribution in [0.15, 0.2) is 48.5 Å². The van der Waals surface area contributed by atoms with Gasteiger partial charge in [0, 0.05) is 12.1 Å². The summed E-state index contributed by atoms with van der Waals surface area (Å²) in [5, 5.41) is 3.17. The molecular weight excluding hydrogens is 372 g/mol. The molecule has 3 rings (SSSR count). The molecular formula is C26H36N2O2. The quantitative estimate of drug-likeness (QED) is 0.591. The third-order valence-electron chi connectivity index (χ3n) is 5.86. The van der Waals surface area contributed by atoms with Gasteiger partial charge in [0.2, 0.25) is 0 Å². The largest absolute Gasteiger partial charge is 0.494 e. The number of carbonyl (C=O) groups excluding carboxylic acids is 1. The molecule has 4 heteroatoms. The Kier molecular flexibility index (Phi) is 8.32. The van der Waals surface area contributed by atoms with E-state index in [9.17, 15) is 4.79 Å². The fraction of sp³-hybridized carbons (Fsp3) is 0.500. The predicted octanol–water partition coefficient (Wildman–Crippen LogP) is 5.56. The average molecular weight is 409 g/mol. The van der Waals surface area contributed by atoms with E-state index < -0.39 is 0 Å². The fourth-order valence-electron chi connectivity index (χ4n) is 4.00. The summed E-state index contributed by atoms with van der Waals surface area (Å²) in [6, 6.07) is 16.6. The highest BCUT2D eigenvalue weighted by atomic mass is 16.5. The molecule has 1 atom stereocenters. The van der Waals surface area contributed by atoms with Crippen molar-refractivity contribution < 1.29 is 9.53 Å². The highest BCUT2D eigenvalue weighted by Crippen LogP contribution is 2.26. The van der Waals surface area contributed by atoms with Crippen LogP contribution >= 0.6 is 0 Å². The summed E-state index contributed by atoms with van der Waals surface area (Å²) in [6.07, 6.45) is 4.73. The van der Waals surface area contributed by atoms with Gasteiger partial charge in [-0.15, -0.1) is 0 Å². The number of carbonyl (C=O) groups is 1. The van der Waals surface area contributed by atoms with Crippen molar-refractivity contribution in [3.63, 3.8) is 0 Å². The number of nitrogens with one attached hydrogen (secondary N) is 1. The van der Waals surface area contributed by atoms with E-state index in [1.807, 2.05) is 24.3 Å². The second kappa shape index (κ2) is 11.2. The van der Waals surface area contributed by atoms with Crippen LogP contribution in [0.2, 0.25) is 0 Å². The zero-order valence-electron chi connectivity index (χ0n) is 18.7. The van der Waals surface area contributed by atoms with Gasteiger partial charge in [-0.25, -0.2) is 0 Å². The van der Waals surface area contributed by atoms with E-state index in [-0.39, 0.29) is 11.9 Å². The molecule has 2 aromatic rings. The SMILES string of the molecule is CCCOc1ccc(C(=O)NC[C@@H](c2ccc(C(C)C)cc2)N2CCCCC2)cc1. The van der Waals surface area contributed by atoms with E-state index >= 15 is 0 Å². The first kappa shape index (κ1) is 22.4. The van der Waals surface area contributed by atoms with Crippen molar-refractivity contribution in [3.05, 3.63) is 65.2 Å². The maximum absolute atomic E-state index is 12.8. The lowest BCUT2D eigenvalue weighted by molar-refractivity contribution is 0.0924. The van der Waals surface area contributed by atoms with Crippen molar-refractivity contribution in [3.8, 4) is 5.75 Å². The summed E-state index contributed by atoms with van der Waals surface area (Å²) >= 11 is 0. The molecule has 0 unspecified atom stereocenters. The Morgan fingerprint density at radius 3 is 2.20 bits per heavy atom. The molecule has 1 heterocycles. The van der Waals surface area contributed by atoms with Gasteiger partial charge in [0.05, 0.1) is 12.6 Å². The average Bonchev–Trinajstić information content (AvgIpc) is 2.79. The van der Waals surface area contributed by atoms with Gasteiger partial charge >= 0.3 is 0 Å². The Hall–Kier alpha value is -2.33. The second-order valence-electron chi connectivity index (χ2n) is 8.52. The Balaban J connectivity index is 1.67. The Morgan fingerprint density at radius 1 is 0.967 bits per heavy atom. The third kappa shape index (κ3) is 6.09. The molecule has 2 aromatic carbocycles. The van der Waals surface area contributed by atoms with E-state index in [1.54, 1.807) is 0 Å². The molecule has 162 valence electrons. The first-order valence-corrected chi connectivity index (χ1v) is 11.4. The number of piperidine rings is 1. The Morgan fingerprint density at radius 2 is 1.60 bits per heavy atom. The molecule has 0 aromatic heterocycles. The van der Waals surface area contributed by atoms with Gasteiger partial charge in [0.15, 0.2) is 0 Å². The van der Waals surface area contributed by atoms with Gasteiger partial charge < -0.3 is 10.1 Å². The van der Waals surface area contributed by atoms with Gasteiger partial charge in [0.25, 0.3) is 5.91 Å². The summed E-state index contributed by atoms with van der Waals surface area (Å²) in [5.74, 6) is 1.30. The molecule has 1 aliphatic heterocycles. The maximum atomic E-state index is 12.8. The molecule has 1 N–H and O–H groups in total. The summed E-state index contributed by atoms with van der Waals surface area (Å²) in [5.41, 5.74) is 3.31. The van der Waals surface area contributed by atoms with Crippen LogP contribution < -0.4 is 10.1 Å². The standard InChI is InChI=1S/C26H36N2O2/c1-4-18-30-24-14-12-23(13-15-24)26(29)27-19-25(28-16-6-5-7-17-28)22-10-8-21(9-11-22)20(2)3/h8-15,20,25H,4-7,16-19H2,1-3H3,(H,27,29)/t25-/m0/s1. The van der Waals surface area contributed by atoms with E-state index in [0.717, 1.165) is 25.3 Å². The summed E-state index contributed by atoms with van der Waals surface area (Å²) in [4.78, 5) is 15.3. The van der Waals surface area contributed by atoms with E-state index in [4.69, 9.17) is 4.74 Å². The topological polar surface area (TPSA) is 41.6 Å². The lowest BCUT2D eigenvalue weighted by Gasteiger charge is -2.35. The second-order valence-corrected chi connectivity index (χ2v) is 8.52. The third-order valence-corrected chi connectivity index (χ3v) is 5.86. The number of hydrogen-bond donors (Lipinski definition) is 1. The van der Waals surface area contributed by atoms with Gasteiger partial charge in [-0.3, -0.25) is 9.69 Å². The maximum Gasteiger partial charge on any atom is 0.251 e. The van der Waals surface area contributed by atoms with Gasteiger partial charge in [-0.2, -0.15) is 0 Å². The molecule has 0 spiro atoms. The van der Waals surface area contributed by atoms with Crippen molar-refractivity contribution in [2.75, 3.05) is 26.2 Å². The van der Waals surface area contributed by atoms with Crippen LogP contribution in [0.4, 0.5) is 0 Å². The monoisotopic (exact) mass is 408 g/mol. The molecule has 0 radical (unpaired) electrons. The number of ether oxygens (including phenoxy) is 1. The summed E-state index contributed by atoms with van der Waals surface area (Å²) in [6.45, 7) is 10.0. The highest BCUT2D eigenvalue weighted by molar-refractivity contribution is 5.94. The van der Waals surface area contributed by atoms with Crippen molar-refractivity contribution in [2.24, 2.45) is 0 Å². The Bertz CT molecular complexity index is 778. The van der Waals surface area contributed by atoms with Gasteiger partial charge in [-0.05, 0) is 73.7 Å². The fourth-order valence-corrected chi connectivity index (χ4v) is 4.00. The van der Waals surface area contributed by atoms with Crippen molar-refractivity contribution in [1.29, 1.82) is 0 Å². The Labute approximate surface area is 181 Å². The smallest absolute Gasteiger partial charge is 0.251 e. The summed E-state index contributed by atoms with van der Waals surface area (Å²) < 4.78 is 5.61. The van der Waals surface area contributed by atoms with Crippen LogP contribution in [0.5, 0.6) is 5.75 Å². The number of amides is 1. The van der Waals surface area contributed by atoms with E-state index in [1.165, 1.54) is 30.4 Å². The molecule has 0 bridgehead atoms. The van der Waals surface area contributed by atoms with Crippen LogP contribution in [0.3, 0.4) is 0 Å². The van der Waals surface area contributed by atoms with Crippen LogP contribution in [-0.2, 0) is 0 Å². The molecule has 1 aliphatic rings. The lowest BCUT2D eigenvalue weighted by atomic mass is 9.97.